The molecule has 0 saturated heterocycles. The van der Waals surface area contributed by atoms with Crippen LogP contribution in [-0.2, 0) is 6.42 Å². The lowest BCUT2D eigenvalue weighted by Crippen LogP contribution is -2.36. The molecule has 1 aromatic heterocycles. The van der Waals surface area contributed by atoms with E-state index in [0.29, 0.717) is 18.1 Å². The van der Waals surface area contributed by atoms with Crippen LogP contribution in [-0.4, -0.2) is 29.5 Å². The van der Waals surface area contributed by atoms with E-state index < -0.39 is 0 Å². The Morgan fingerprint density at radius 1 is 1.33 bits per heavy atom. The van der Waals surface area contributed by atoms with E-state index in [9.17, 15) is 4.79 Å². The number of methoxy groups -OCH3 is 1. The summed E-state index contributed by atoms with van der Waals surface area (Å²) in [5.41, 5.74) is 2.42. The van der Waals surface area contributed by atoms with E-state index >= 15 is 0 Å². The lowest BCUT2D eigenvalue weighted by Gasteiger charge is -2.30. The van der Waals surface area contributed by atoms with Crippen molar-refractivity contribution in [2.24, 2.45) is 0 Å². The van der Waals surface area contributed by atoms with Crippen LogP contribution < -0.4 is 9.64 Å². The van der Waals surface area contributed by atoms with Gasteiger partial charge in [-0.05, 0) is 37.5 Å². The van der Waals surface area contributed by atoms with Crippen LogP contribution in [0.4, 0.5) is 5.69 Å². The molecule has 0 saturated carbocycles. The van der Waals surface area contributed by atoms with E-state index in [-0.39, 0.29) is 5.91 Å². The minimum absolute atomic E-state index is 0.106. The van der Waals surface area contributed by atoms with Gasteiger partial charge in [-0.25, -0.2) is 9.97 Å². The Balaban J connectivity index is 2.04. The molecular weight excluding hydrogens is 266 g/mol. The molecule has 108 valence electrons. The number of para-hydroxylation sites is 1. The zero-order chi connectivity index (χ0) is 14.8. The van der Waals surface area contributed by atoms with E-state index in [2.05, 4.69) is 9.97 Å². The fourth-order valence-corrected chi connectivity index (χ4v) is 2.70. The van der Waals surface area contributed by atoms with Crippen molar-refractivity contribution < 1.29 is 9.53 Å². The largest absolute Gasteiger partial charge is 0.495 e. The molecule has 2 aromatic rings. The third-order valence-electron chi connectivity index (χ3n) is 3.64. The van der Waals surface area contributed by atoms with Gasteiger partial charge in [-0.15, -0.1) is 0 Å². The minimum Gasteiger partial charge on any atom is -0.495 e. The summed E-state index contributed by atoms with van der Waals surface area (Å²) in [6, 6.07) is 7.54. The van der Waals surface area contributed by atoms with Crippen molar-refractivity contribution >= 4 is 11.6 Å². The lowest BCUT2D eigenvalue weighted by atomic mass is 10.0. The summed E-state index contributed by atoms with van der Waals surface area (Å²) < 4.78 is 5.43. The van der Waals surface area contributed by atoms with Crippen LogP contribution in [0, 0.1) is 6.92 Å². The molecule has 3 rings (SSSR count). The number of amides is 1. The number of nitrogens with zero attached hydrogens (tertiary/aromatic N) is 3. The van der Waals surface area contributed by atoms with Crippen molar-refractivity contribution in [3.05, 3.63) is 47.5 Å². The summed E-state index contributed by atoms with van der Waals surface area (Å²) >= 11 is 0. The maximum Gasteiger partial charge on any atom is 0.277 e. The van der Waals surface area contributed by atoms with Crippen LogP contribution in [0.1, 0.15) is 28.3 Å². The Bertz CT molecular complexity index is 671. The van der Waals surface area contributed by atoms with E-state index in [1.54, 1.807) is 31.2 Å². The van der Waals surface area contributed by atoms with Gasteiger partial charge in [0.25, 0.3) is 5.91 Å². The maximum atomic E-state index is 12.8. The van der Waals surface area contributed by atoms with E-state index in [0.717, 1.165) is 29.8 Å². The van der Waals surface area contributed by atoms with Crippen LogP contribution in [0.15, 0.2) is 30.5 Å². The smallest absolute Gasteiger partial charge is 0.277 e. The molecule has 0 fully saturated rings. The average Bonchev–Trinajstić information content (AvgIpc) is 2.53. The minimum atomic E-state index is -0.106. The van der Waals surface area contributed by atoms with Gasteiger partial charge in [-0.1, -0.05) is 12.1 Å². The molecule has 0 bridgehead atoms. The zero-order valence-electron chi connectivity index (χ0n) is 12.2. The third-order valence-corrected chi connectivity index (χ3v) is 3.64. The van der Waals surface area contributed by atoms with Gasteiger partial charge in [-0.2, -0.15) is 0 Å². The fourth-order valence-electron chi connectivity index (χ4n) is 2.70. The van der Waals surface area contributed by atoms with E-state index in [1.165, 1.54) is 0 Å². The molecule has 0 radical (unpaired) electrons. The number of ether oxygens (including phenoxy) is 1. The molecule has 0 spiro atoms. The molecular formula is C16H17N3O2. The molecule has 2 heterocycles. The van der Waals surface area contributed by atoms with Crippen molar-refractivity contribution in [2.75, 3.05) is 18.6 Å². The first-order valence-electron chi connectivity index (χ1n) is 6.98. The van der Waals surface area contributed by atoms with Crippen molar-refractivity contribution in [1.82, 2.24) is 9.97 Å². The standard InChI is InChI=1S/C16H17N3O2/c1-11-17-9-8-13(18-11)16(20)19-10-4-6-12-5-3-7-14(21-2)15(12)19/h3,5,7-9H,4,6,10H2,1-2H3. The van der Waals surface area contributed by atoms with Gasteiger partial charge >= 0.3 is 0 Å². The van der Waals surface area contributed by atoms with E-state index in [1.807, 2.05) is 18.2 Å². The van der Waals surface area contributed by atoms with Gasteiger partial charge in [0.05, 0.1) is 12.8 Å². The quantitative estimate of drug-likeness (QED) is 0.849. The van der Waals surface area contributed by atoms with Crippen LogP contribution in [0.25, 0.3) is 0 Å². The Kier molecular flexibility index (Phi) is 3.56. The summed E-state index contributed by atoms with van der Waals surface area (Å²) in [6.45, 7) is 2.46. The van der Waals surface area contributed by atoms with Crippen LogP contribution in [0.3, 0.4) is 0 Å². The highest BCUT2D eigenvalue weighted by molar-refractivity contribution is 6.06. The molecule has 5 heteroatoms. The molecule has 1 aliphatic heterocycles. The normalized spacial score (nSPS) is 13.7. The first-order chi connectivity index (χ1) is 10.2. The summed E-state index contributed by atoms with van der Waals surface area (Å²) in [5.74, 6) is 1.22. The molecule has 0 aliphatic carbocycles. The number of benzene rings is 1. The number of anilines is 1. The van der Waals surface area contributed by atoms with Crippen LogP contribution in [0.2, 0.25) is 0 Å². The van der Waals surface area contributed by atoms with Gasteiger partial charge in [0.15, 0.2) is 0 Å². The van der Waals surface area contributed by atoms with Gasteiger partial charge < -0.3 is 9.64 Å². The van der Waals surface area contributed by atoms with Crippen molar-refractivity contribution in [3.63, 3.8) is 0 Å². The number of hydrogen-bond acceptors (Lipinski definition) is 4. The van der Waals surface area contributed by atoms with Gasteiger partial charge in [-0.3, -0.25) is 4.79 Å². The molecule has 1 aromatic carbocycles. The topological polar surface area (TPSA) is 55.3 Å². The summed E-state index contributed by atoms with van der Waals surface area (Å²) in [5, 5.41) is 0. The van der Waals surface area contributed by atoms with Gasteiger partial charge in [0.1, 0.15) is 17.3 Å². The predicted molar refractivity (Wildman–Crippen MR) is 79.8 cm³/mol. The van der Waals surface area contributed by atoms with E-state index in [4.69, 9.17) is 4.74 Å². The van der Waals surface area contributed by atoms with Crippen molar-refractivity contribution in [1.29, 1.82) is 0 Å². The number of carbonyl (C=O) groups is 1. The van der Waals surface area contributed by atoms with Crippen LogP contribution in [0.5, 0.6) is 5.75 Å². The molecule has 1 aliphatic rings. The SMILES string of the molecule is COc1cccc2c1N(C(=O)c1ccnc(C)n1)CCC2. The lowest BCUT2D eigenvalue weighted by molar-refractivity contribution is 0.0979. The van der Waals surface area contributed by atoms with Crippen molar-refractivity contribution in [3.8, 4) is 5.75 Å². The number of rotatable bonds is 2. The van der Waals surface area contributed by atoms with Crippen LogP contribution >= 0.6 is 0 Å². The maximum absolute atomic E-state index is 12.8. The monoisotopic (exact) mass is 283 g/mol. The second-order valence-corrected chi connectivity index (χ2v) is 5.02. The third kappa shape index (κ3) is 2.46. The number of aryl methyl sites for hydroxylation is 2. The number of hydrogen-bond donors (Lipinski definition) is 0. The molecule has 21 heavy (non-hydrogen) atoms. The first-order valence-corrected chi connectivity index (χ1v) is 6.98. The molecule has 0 atom stereocenters. The molecule has 0 unspecified atom stereocenters. The predicted octanol–water partition coefficient (Wildman–Crippen LogP) is 2.39. The fraction of sp³-hybridized carbons (Fsp3) is 0.312. The highest BCUT2D eigenvalue weighted by Crippen LogP contribution is 2.36. The zero-order valence-corrected chi connectivity index (χ0v) is 12.2. The highest BCUT2D eigenvalue weighted by Gasteiger charge is 2.27. The average molecular weight is 283 g/mol. The first kappa shape index (κ1) is 13.5. The molecule has 0 N–H and O–H groups in total. The summed E-state index contributed by atoms with van der Waals surface area (Å²) in [6.07, 6.45) is 3.51. The summed E-state index contributed by atoms with van der Waals surface area (Å²) in [4.78, 5) is 22.8. The summed E-state index contributed by atoms with van der Waals surface area (Å²) in [7, 11) is 1.63. The highest BCUT2D eigenvalue weighted by atomic mass is 16.5. The molecule has 1 amide bonds. The second-order valence-electron chi connectivity index (χ2n) is 5.02. The number of aromatic nitrogens is 2. The Morgan fingerprint density at radius 2 is 2.19 bits per heavy atom. The van der Waals surface area contributed by atoms with Crippen molar-refractivity contribution in [2.45, 2.75) is 19.8 Å². The van der Waals surface area contributed by atoms with Gasteiger partial charge in [0.2, 0.25) is 0 Å². The Hall–Kier alpha value is -2.43. The second kappa shape index (κ2) is 5.52. The molecule has 5 nitrogen and oxygen atoms in total. The number of fused-ring (bicyclic) bond motifs is 1. The Labute approximate surface area is 123 Å². The van der Waals surface area contributed by atoms with Gasteiger partial charge in [0, 0.05) is 12.7 Å². The Morgan fingerprint density at radius 3 is 2.95 bits per heavy atom. The number of carbonyl (C=O) groups excluding carboxylic acids is 1.